The molecule has 48 heavy (non-hydrogen) atoms. The highest BCUT2D eigenvalue weighted by atomic mass is 16.5. The number of rotatable bonds is 21. The summed E-state index contributed by atoms with van der Waals surface area (Å²) < 4.78 is 6.13. The van der Waals surface area contributed by atoms with E-state index in [0.29, 0.717) is 17.3 Å². The fraction of sp³-hybridized carbons (Fsp3) is 0.891. The van der Waals surface area contributed by atoms with E-state index in [4.69, 9.17) is 4.74 Å². The molecular weight excluding hydrogens is 585 g/mol. The van der Waals surface area contributed by atoms with Crippen molar-refractivity contribution in [3.63, 3.8) is 0 Å². The van der Waals surface area contributed by atoms with Crippen LogP contribution >= 0.6 is 0 Å². The lowest BCUT2D eigenvalue weighted by atomic mass is 9.47. The molecular formula is C46H80O2. The Labute approximate surface area is 299 Å². The van der Waals surface area contributed by atoms with Gasteiger partial charge in [0.15, 0.2) is 0 Å². The van der Waals surface area contributed by atoms with Gasteiger partial charge in [0, 0.05) is 12.8 Å². The first-order chi connectivity index (χ1) is 23.1. The minimum atomic E-state index is 0.0536. The predicted molar refractivity (Wildman–Crippen MR) is 207 cm³/mol. The van der Waals surface area contributed by atoms with Gasteiger partial charge in [-0.05, 0) is 129 Å². The number of carbonyl (C=O) groups is 1. The third-order valence-corrected chi connectivity index (χ3v) is 15.0. The first-order valence-electron chi connectivity index (χ1n) is 21.6. The van der Waals surface area contributed by atoms with Crippen LogP contribution in [0.2, 0.25) is 0 Å². The maximum atomic E-state index is 12.8. The molecule has 0 aromatic carbocycles. The van der Waals surface area contributed by atoms with Crippen molar-refractivity contribution in [3.05, 3.63) is 23.8 Å². The van der Waals surface area contributed by atoms with Crippen LogP contribution < -0.4 is 0 Å². The minimum Gasteiger partial charge on any atom is -0.462 e. The van der Waals surface area contributed by atoms with Gasteiger partial charge in [-0.1, -0.05) is 136 Å². The largest absolute Gasteiger partial charge is 0.462 e. The molecule has 0 aromatic heterocycles. The van der Waals surface area contributed by atoms with E-state index in [1.54, 1.807) is 5.57 Å². The Hall–Kier alpha value is -1.05. The number of carbonyl (C=O) groups excluding carboxylic acids is 1. The molecule has 0 bridgehead atoms. The number of hydrogen-bond acceptors (Lipinski definition) is 2. The second kappa shape index (κ2) is 19.5. The van der Waals surface area contributed by atoms with E-state index in [-0.39, 0.29) is 12.1 Å². The topological polar surface area (TPSA) is 26.3 Å². The Balaban J connectivity index is 1.13. The third kappa shape index (κ3) is 10.5. The van der Waals surface area contributed by atoms with E-state index < -0.39 is 0 Å². The number of ether oxygens (including phenoxy) is 1. The average Bonchev–Trinajstić information content (AvgIpc) is 3.42. The molecule has 0 N–H and O–H groups in total. The van der Waals surface area contributed by atoms with E-state index >= 15 is 0 Å². The molecule has 4 aliphatic rings. The van der Waals surface area contributed by atoms with E-state index in [2.05, 4.69) is 66.7 Å². The molecule has 0 saturated heterocycles. The van der Waals surface area contributed by atoms with Crippen molar-refractivity contribution in [1.29, 1.82) is 0 Å². The molecule has 4 aliphatic carbocycles. The van der Waals surface area contributed by atoms with Gasteiger partial charge < -0.3 is 4.74 Å². The van der Waals surface area contributed by atoms with Crippen LogP contribution in [0.4, 0.5) is 0 Å². The van der Waals surface area contributed by atoms with Crippen molar-refractivity contribution >= 4 is 5.97 Å². The fourth-order valence-electron chi connectivity index (χ4n) is 11.3. The first-order valence-corrected chi connectivity index (χ1v) is 21.6. The number of esters is 1. The van der Waals surface area contributed by atoms with Crippen LogP contribution in [0.25, 0.3) is 0 Å². The zero-order valence-corrected chi connectivity index (χ0v) is 33.1. The van der Waals surface area contributed by atoms with Crippen molar-refractivity contribution in [2.45, 2.75) is 209 Å². The molecule has 0 radical (unpaired) electrons. The second-order valence-electron chi connectivity index (χ2n) is 18.5. The zero-order chi connectivity index (χ0) is 34.6. The molecule has 2 heteroatoms. The van der Waals surface area contributed by atoms with Crippen LogP contribution in [0.15, 0.2) is 23.8 Å². The maximum Gasteiger partial charge on any atom is 0.306 e. The summed E-state index contributed by atoms with van der Waals surface area (Å²) in [5, 5.41) is 0. The molecule has 0 heterocycles. The SMILES string of the molecule is CCCCCCCC/C=C\CCCCCCCC(=O)OC1CCC2(C)C(=CCC3C2CCC2(C)C(C(C)CCC(C)C(C)C)CCC32)C1. The van der Waals surface area contributed by atoms with Crippen LogP contribution in [0.1, 0.15) is 203 Å². The van der Waals surface area contributed by atoms with Crippen molar-refractivity contribution < 1.29 is 9.53 Å². The van der Waals surface area contributed by atoms with Gasteiger partial charge in [-0.25, -0.2) is 0 Å². The normalized spacial score (nSPS) is 32.8. The number of hydrogen-bond donors (Lipinski definition) is 0. The smallest absolute Gasteiger partial charge is 0.306 e. The van der Waals surface area contributed by atoms with Gasteiger partial charge in [0.1, 0.15) is 6.10 Å². The molecule has 9 atom stereocenters. The summed E-state index contributed by atoms with van der Waals surface area (Å²) in [5.74, 6) is 6.08. The highest BCUT2D eigenvalue weighted by molar-refractivity contribution is 5.69. The number of unbranched alkanes of at least 4 members (excludes halogenated alkanes) is 11. The van der Waals surface area contributed by atoms with Crippen molar-refractivity contribution in [2.75, 3.05) is 0 Å². The van der Waals surface area contributed by atoms with E-state index in [1.807, 2.05) is 0 Å². The Morgan fingerprint density at radius 1 is 0.812 bits per heavy atom. The molecule has 3 saturated carbocycles. The van der Waals surface area contributed by atoms with Crippen molar-refractivity contribution in [1.82, 2.24) is 0 Å². The van der Waals surface area contributed by atoms with Crippen LogP contribution in [-0.2, 0) is 9.53 Å². The molecule has 3 fully saturated rings. The predicted octanol–water partition coefficient (Wildman–Crippen LogP) is 14.2. The molecule has 2 nitrogen and oxygen atoms in total. The lowest BCUT2D eigenvalue weighted by Crippen LogP contribution is -2.51. The van der Waals surface area contributed by atoms with E-state index in [9.17, 15) is 4.79 Å². The highest BCUT2D eigenvalue weighted by Crippen LogP contribution is 2.67. The standard InChI is InChI=1S/C46H80O2/c1-8-9-10-11-12-13-14-15-16-17-18-19-20-21-22-23-44(47)48-39-30-32-45(6)38(34-39)26-27-40-42-29-28-41(46(42,7)33-31-43(40)45)37(5)25-24-36(4)35(2)3/h15-16,26,35-37,39-43H,8-14,17-25,27-34H2,1-7H3/b16-15-. The van der Waals surface area contributed by atoms with Crippen LogP contribution in [0.3, 0.4) is 0 Å². The highest BCUT2D eigenvalue weighted by Gasteiger charge is 2.59. The third-order valence-electron chi connectivity index (χ3n) is 15.0. The fourth-order valence-corrected chi connectivity index (χ4v) is 11.3. The van der Waals surface area contributed by atoms with Gasteiger partial charge in [-0.3, -0.25) is 4.79 Å². The number of allylic oxidation sites excluding steroid dienone is 3. The lowest BCUT2D eigenvalue weighted by molar-refractivity contribution is -0.151. The van der Waals surface area contributed by atoms with Gasteiger partial charge in [-0.2, -0.15) is 0 Å². The van der Waals surface area contributed by atoms with Gasteiger partial charge in [0.25, 0.3) is 0 Å². The Bertz CT molecular complexity index is 1010. The summed E-state index contributed by atoms with van der Waals surface area (Å²) in [4.78, 5) is 12.8. The van der Waals surface area contributed by atoms with Gasteiger partial charge in [0.05, 0.1) is 0 Å². The monoisotopic (exact) mass is 665 g/mol. The first kappa shape index (κ1) is 39.7. The summed E-state index contributed by atoms with van der Waals surface area (Å²) in [6.07, 6.45) is 38.0. The zero-order valence-electron chi connectivity index (χ0n) is 33.1. The summed E-state index contributed by atoms with van der Waals surface area (Å²) in [5.41, 5.74) is 2.51. The minimum absolute atomic E-state index is 0.0536. The molecule has 0 aliphatic heterocycles. The second-order valence-corrected chi connectivity index (χ2v) is 18.5. The van der Waals surface area contributed by atoms with Crippen molar-refractivity contribution in [3.8, 4) is 0 Å². The van der Waals surface area contributed by atoms with Crippen LogP contribution in [-0.4, -0.2) is 12.1 Å². The summed E-state index contributed by atoms with van der Waals surface area (Å²) in [6, 6.07) is 0. The van der Waals surface area contributed by atoms with E-state index in [1.165, 1.54) is 122 Å². The summed E-state index contributed by atoms with van der Waals surface area (Å²) >= 11 is 0. The van der Waals surface area contributed by atoms with Crippen LogP contribution in [0.5, 0.6) is 0 Å². The Kier molecular flexibility index (Phi) is 16.2. The lowest BCUT2D eigenvalue weighted by Gasteiger charge is -2.58. The molecule has 9 unspecified atom stereocenters. The average molecular weight is 665 g/mol. The maximum absolute atomic E-state index is 12.8. The van der Waals surface area contributed by atoms with Gasteiger partial charge in [-0.15, -0.1) is 0 Å². The molecule has 0 amide bonds. The molecule has 0 spiro atoms. The van der Waals surface area contributed by atoms with Crippen LogP contribution in [0, 0.1) is 52.3 Å². The van der Waals surface area contributed by atoms with Gasteiger partial charge >= 0.3 is 5.97 Å². The van der Waals surface area contributed by atoms with Crippen molar-refractivity contribution in [2.24, 2.45) is 52.3 Å². The van der Waals surface area contributed by atoms with E-state index in [0.717, 1.165) is 67.1 Å². The summed E-state index contributed by atoms with van der Waals surface area (Å²) in [7, 11) is 0. The summed E-state index contributed by atoms with van der Waals surface area (Å²) in [6.45, 7) is 17.4. The molecule has 276 valence electrons. The molecule has 4 rings (SSSR count). The number of fused-ring (bicyclic) bond motifs is 5. The quantitative estimate of drug-likeness (QED) is 0.0693. The van der Waals surface area contributed by atoms with Gasteiger partial charge in [0.2, 0.25) is 0 Å². The molecule has 0 aromatic rings. The Morgan fingerprint density at radius 2 is 1.48 bits per heavy atom. The Morgan fingerprint density at radius 3 is 2.17 bits per heavy atom.